The number of aromatic carboxylic acids is 1. The Kier molecular flexibility index (Phi) is 3.98. The molecule has 2 aromatic rings. The minimum atomic E-state index is -0.892. The van der Waals surface area contributed by atoms with Crippen LogP contribution in [0, 0.1) is 0 Å². The topological polar surface area (TPSA) is 78.4 Å². The molecule has 1 saturated heterocycles. The van der Waals surface area contributed by atoms with Gasteiger partial charge >= 0.3 is 5.97 Å². The van der Waals surface area contributed by atoms with Crippen LogP contribution in [0.1, 0.15) is 27.7 Å². The zero-order valence-corrected chi connectivity index (χ0v) is 11.5. The molecule has 0 spiro atoms. The molecule has 0 bridgehead atoms. The zero-order chi connectivity index (χ0) is 14.7. The van der Waals surface area contributed by atoms with Crippen LogP contribution in [0.25, 0.3) is 0 Å². The molecule has 1 aromatic carbocycles. The third-order valence-corrected chi connectivity index (χ3v) is 3.74. The lowest BCUT2D eigenvalue weighted by Crippen LogP contribution is -2.39. The summed E-state index contributed by atoms with van der Waals surface area (Å²) < 4.78 is 5.55. The molecule has 1 atom stereocenters. The molecule has 6 heteroatoms. The molecule has 1 aliphatic heterocycles. The zero-order valence-electron chi connectivity index (χ0n) is 11.5. The number of hydrogen-bond acceptors (Lipinski definition) is 4. The summed E-state index contributed by atoms with van der Waals surface area (Å²) in [5, 5.41) is 16.2. The highest BCUT2D eigenvalue weighted by Crippen LogP contribution is 2.25. The summed E-state index contributed by atoms with van der Waals surface area (Å²) >= 11 is 0. The number of H-pyrrole nitrogens is 1. The number of rotatable bonds is 4. The van der Waals surface area contributed by atoms with E-state index in [1.54, 1.807) is 18.3 Å². The van der Waals surface area contributed by atoms with E-state index in [2.05, 4.69) is 15.1 Å². The van der Waals surface area contributed by atoms with Crippen molar-refractivity contribution in [3.8, 4) is 0 Å². The van der Waals surface area contributed by atoms with Crippen molar-refractivity contribution < 1.29 is 14.6 Å². The molecular formula is C15H17N3O3. The number of nitrogens with one attached hydrogen (secondary N) is 1. The third-order valence-electron chi connectivity index (χ3n) is 3.74. The van der Waals surface area contributed by atoms with E-state index in [9.17, 15) is 9.90 Å². The van der Waals surface area contributed by atoms with Crippen LogP contribution in [-0.4, -0.2) is 45.9 Å². The molecule has 2 N–H and O–H groups in total. The highest BCUT2D eigenvalue weighted by molar-refractivity contribution is 5.89. The summed E-state index contributed by atoms with van der Waals surface area (Å²) in [6, 6.07) is 9.12. The van der Waals surface area contributed by atoms with Gasteiger partial charge in [-0.25, -0.2) is 4.79 Å². The molecule has 3 rings (SSSR count). The Labute approximate surface area is 122 Å². The molecule has 1 aromatic heterocycles. The molecule has 0 saturated carbocycles. The van der Waals surface area contributed by atoms with Gasteiger partial charge in [0.25, 0.3) is 0 Å². The minimum absolute atomic E-state index is 0.0723. The van der Waals surface area contributed by atoms with E-state index < -0.39 is 5.97 Å². The smallest absolute Gasteiger partial charge is 0.336 e. The van der Waals surface area contributed by atoms with Crippen molar-refractivity contribution in [2.75, 3.05) is 19.8 Å². The predicted octanol–water partition coefficient (Wildman–Crippen LogP) is 1.68. The molecule has 0 radical (unpaired) electrons. The largest absolute Gasteiger partial charge is 0.478 e. The van der Waals surface area contributed by atoms with E-state index in [0.29, 0.717) is 25.3 Å². The Morgan fingerprint density at radius 1 is 1.43 bits per heavy atom. The van der Waals surface area contributed by atoms with Gasteiger partial charge in [0.15, 0.2) is 0 Å². The van der Waals surface area contributed by atoms with Crippen molar-refractivity contribution in [3.63, 3.8) is 0 Å². The first-order valence-electron chi connectivity index (χ1n) is 6.88. The Morgan fingerprint density at radius 3 is 3.05 bits per heavy atom. The van der Waals surface area contributed by atoms with Gasteiger partial charge in [0, 0.05) is 19.3 Å². The average Bonchev–Trinajstić information content (AvgIpc) is 3.02. The summed E-state index contributed by atoms with van der Waals surface area (Å²) in [5.74, 6) is -0.892. The molecule has 6 nitrogen and oxygen atoms in total. The van der Waals surface area contributed by atoms with Crippen molar-refractivity contribution in [1.82, 2.24) is 15.1 Å². The van der Waals surface area contributed by atoms with Crippen LogP contribution in [-0.2, 0) is 11.3 Å². The van der Waals surface area contributed by atoms with Crippen LogP contribution in [0.5, 0.6) is 0 Å². The normalized spacial score (nSPS) is 19.5. The van der Waals surface area contributed by atoms with Crippen molar-refractivity contribution in [2.45, 2.75) is 12.6 Å². The van der Waals surface area contributed by atoms with Crippen LogP contribution in [0.3, 0.4) is 0 Å². The fourth-order valence-corrected chi connectivity index (χ4v) is 2.65. The predicted molar refractivity (Wildman–Crippen MR) is 76.0 cm³/mol. The van der Waals surface area contributed by atoms with E-state index in [-0.39, 0.29) is 6.04 Å². The standard InChI is InChI=1S/C15H17N3O3/c19-15(20)12-4-2-1-3-11(12)9-18-7-8-21-10-14(18)13-5-6-16-17-13/h1-6,14H,7-10H2,(H,16,17)(H,19,20). The van der Waals surface area contributed by atoms with Crippen LogP contribution in [0.15, 0.2) is 36.5 Å². The Morgan fingerprint density at radius 2 is 2.29 bits per heavy atom. The number of carboxylic acid groups (broad SMARTS) is 1. The van der Waals surface area contributed by atoms with Gasteiger partial charge in [-0.1, -0.05) is 18.2 Å². The highest BCUT2D eigenvalue weighted by atomic mass is 16.5. The molecule has 1 fully saturated rings. The number of aromatic nitrogens is 2. The molecule has 0 aliphatic carbocycles. The van der Waals surface area contributed by atoms with Crippen molar-refractivity contribution in [3.05, 3.63) is 53.3 Å². The van der Waals surface area contributed by atoms with Crippen molar-refractivity contribution in [2.24, 2.45) is 0 Å². The summed E-state index contributed by atoms with van der Waals surface area (Å²) in [5.41, 5.74) is 2.16. The lowest BCUT2D eigenvalue weighted by Gasteiger charge is -2.35. The van der Waals surface area contributed by atoms with E-state index in [1.807, 2.05) is 18.2 Å². The molecule has 0 amide bonds. The number of aromatic amines is 1. The number of morpholine rings is 1. The maximum absolute atomic E-state index is 11.3. The van der Waals surface area contributed by atoms with Gasteiger partial charge in [0.05, 0.1) is 30.5 Å². The number of nitrogens with zero attached hydrogens (tertiary/aromatic N) is 2. The Balaban J connectivity index is 1.84. The second kappa shape index (κ2) is 6.07. The maximum atomic E-state index is 11.3. The first-order valence-corrected chi connectivity index (χ1v) is 6.88. The van der Waals surface area contributed by atoms with Crippen LogP contribution in [0.4, 0.5) is 0 Å². The Hall–Kier alpha value is -2.18. The number of carbonyl (C=O) groups is 1. The Bertz CT molecular complexity index is 612. The molecule has 2 heterocycles. The SMILES string of the molecule is O=C(O)c1ccccc1CN1CCOCC1c1ccn[nH]1. The quantitative estimate of drug-likeness (QED) is 0.894. The average molecular weight is 287 g/mol. The molecular weight excluding hydrogens is 270 g/mol. The third kappa shape index (κ3) is 2.96. The van der Waals surface area contributed by atoms with E-state index in [0.717, 1.165) is 17.8 Å². The number of hydrogen-bond donors (Lipinski definition) is 2. The number of ether oxygens (including phenoxy) is 1. The van der Waals surface area contributed by atoms with Gasteiger partial charge in [0.2, 0.25) is 0 Å². The second-order valence-electron chi connectivity index (χ2n) is 5.04. The maximum Gasteiger partial charge on any atom is 0.336 e. The fourth-order valence-electron chi connectivity index (χ4n) is 2.65. The molecule has 1 unspecified atom stereocenters. The fraction of sp³-hybridized carbons (Fsp3) is 0.333. The van der Waals surface area contributed by atoms with Crippen molar-refractivity contribution >= 4 is 5.97 Å². The first kappa shape index (κ1) is 13.8. The second-order valence-corrected chi connectivity index (χ2v) is 5.04. The van der Waals surface area contributed by atoms with Gasteiger partial charge in [0.1, 0.15) is 0 Å². The van der Waals surface area contributed by atoms with Gasteiger partial charge in [-0.3, -0.25) is 10.00 Å². The van der Waals surface area contributed by atoms with Crippen molar-refractivity contribution in [1.29, 1.82) is 0 Å². The van der Waals surface area contributed by atoms with Gasteiger partial charge < -0.3 is 9.84 Å². The summed E-state index contributed by atoms with van der Waals surface area (Å²) in [4.78, 5) is 13.5. The molecule has 110 valence electrons. The van der Waals surface area contributed by atoms with Gasteiger partial charge in [-0.15, -0.1) is 0 Å². The number of carboxylic acids is 1. The van der Waals surface area contributed by atoms with Gasteiger partial charge in [-0.2, -0.15) is 5.10 Å². The summed E-state index contributed by atoms with van der Waals surface area (Å²) in [7, 11) is 0. The summed E-state index contributed by atoms with van der Waals surface area (Å²) in [6.07, 6.45) is 1.72. The van der Waals surface area contributed by atoms with E-state index in [4.69, 9.17) is 4.74 Å². The summed E-state index contributed by atoms with van der Waals surface area (Å²) in [6.45, 7) is 2.57. The van der Waals surface area contributed by atoms with E-state index >= 15 is 0 Å². The van der Waals surface area contributed by atoms with Crippen LogP contribution >= 0.6 is 0 Å². The number of benzene rings is 1. The van der Waals surface area contributed by atoms with Crippen LogP contribution in [0.2, 0.25) is 0 Å². The minimum Gasteiger partial charge on any atom is -0.478 e. The molecule has 1 aliphatic rings. The van der Waals surface area contributed by atoms with Crippen LogP contribution < -0.4 is 0 Å². The lowest BCUT2D eigenvalue weighted by molar-refractivity contribution is -0.0144. The highest BCUT2D eigenvalue weighted by Gasteiger charge is 2.26. The lowest BCUT2D eigenvalue weighted by atomic mass is 10.0. The first-order chi connectivity index (χ1) is 10.3. The van der Waals surface area contributed by atoms with E-state index in [1.165, 1.54) is 0 Å². The monoisotopic (exact) mass is 287 g/mol. The molecule has 21 heavy (non-hydrogen) atoms. The van der Waals surface area contributed by atoms with Gasteiger partial charge in [-0.05, 0) is 17.7 Å².